The largest absolute Gasteiger partial charge is 0.493 e. The Labute approximate surface area is 339 Å². The standard InChI is InChI=1S/C43H43N5O7S2/c1-43(2,57-56-5)13-12-40(49)46-27-11-10-26-17-29-24-45-33-22-39(37(53-4)20-31(33)42(51)48(29)35(26)18-27)55-15-14-54-38-21-32-30(19-36(38)52-3)41(50)47-28(23-44-32)16-25-8-6-7-9-34(25)47/h6-11,18-24,28-29H,12-17H2,1-5H3,(H,46,49)/t28-,29-/m0/s1. The number of hydrogen-bond donors (Lipinski definition) is 1. The summed E-state index contributed by atoms with van der Waals surface area (Å²) in [6.45, 7) is 4.54. The molecule has 57 heavy (non-hydrogen) atoms. The van der Waals surface area contributed by atoms with Crippen molar-refractivity contribution in [1.82, 2.24) is 0 Å². The first kappa shape index (κ1) is 38.4. The molecule has 8 rings (SSSR count). The second kappa shape index (κ2) is 15.8. The maximum Gasteiger partial charge on any atom is 0.261 e. The summed E-state index contributed by atoms with van der Waals surface area (Å²) in [5.41, 5.74) is 6.16. The van der Waals surface area contributed by atoms with E-state index in [1.807, 2.05) is 54.9 Å². The topological polar surface area (TPSA) is 131 Å². The van der Waals surface area contributed by atoms with Gasteiger partial charge in [0.2, 0.25) is 5.91 Å². The molecule has 294 valence electrons. The number of ether oxygens (including phenoxy) is 4. The lowest BCUT2D eigenvalue weighted by Gasteiger charge is -2.23. The molecule has 0 radical (unpaired) electrons. The summed E-state index contributed by atoms with van der Waals surface area (Å²) >= 11 is 0. The van der Waals surface area contributed by atoms with E-state index in [4.69, 9.17) is 23.9 Å². The molecular weight excluding hydrogens is 763 g/mol. The number of fused-ring (bicyclic) bond motifs is 8. The number of carbonyl (C=O) groups is 3. The van der Waals surface area contributed by atoms with Crippen molar-refractivity contribution >= 4 is 80.2 Å². The minimum absolute atomic E-state index is 0.0185. The average Bonchev–Trinajstić information content (AvgIpc) is 3.69. The van der Waals surface area contributed by atoms with E-state index in [1.165, 1.54) is 14.2 Å². The van der Waals surface area contributed by atoms with Crippen LogP contribution in [0.1, 0.15) is 58.5 Å². The van der Waals surface area contributed by atoms with Crippen molar-refractivity contribution in [2.75, 3.05) is 48.8 Å². The fourth-order valence-electron chi connectivity index (χ4n) is 7.71. The van der Waals surface area contributed by atoms with Crippen molar-refractivity contribution in [3.63, 3.8) is 0 Å². The van der Waals surface area contributed by atoms with Gasteiger partial charge in [0.05, 0.1) is 54.5 Å². The van der Waals surface area contributed by atoms with Crippen LogP contribution in [0, 0.1) is 0 Å². The smallest absolute Gasteiger partial charge is 0.261 e. The third-order valence-electron chi connectivity index (χ3n) is 10.5. The van der Waals surface area contributed by atoms with Gasteiger partial charge in [-0.15, -0.1) is 0 Å². The third kappa shape index (κ3) is 7.55. The van der Waals surface area contributed by atoms with E-state index in [0.717, 1.165) is 28.9 Å². The van der Waals surface area contributed by atoms with Crippen LogP contribution in [0.15, 0.2) is 76.7 Å². The lowest BCUT2D eigenvalue weighted by atomic mass is 10.1. The van der Waals surface area contributed by atoms with Gasteiger partial charge < -0.3 is 24.3 Å². The van der Waals surface area contributed by atoms with E-state index in [1.54, 1.807) is 61.9 Å². The Bertz CT molecular complexity index is 2330. The fraction of sp³-hybridized carbons (Fsp3) is 0.326. The Morgan fingerprint density at radius 1 is 0.772 bits per heavy atom. The van der Waals surface area contributed by atoms with Crippen LogP contribution >= 0.6 is 21.6 Å². The highest BCUT2D eigenvalue weighted by atomic mass is 33.1. The number of hydrogen-bond acceptors (Lipinski definition) is 11. The number of nitrogens with zero attached hydrogens (tertiary/aromatic N) is 4. The molecule has 4 aromatic carbocycles. The zero-order valence-corrected chi connectivity index (χ0v) is 34.0. The molecular formula is C43H43N5O7S2. The molecule has 0 saturated carbocycles. The summed E-state index contributed by atoms with van der Waals surface area (Å²) in [4.78, 5) is 53.8. The van der Waals surface area contributed by atoms with Gasteiger partial charge in [-0.2, -0.15) is 0 Å². The van der Waals surface area contributed by atoms with Gasteiger partial charge in [-0.25, -0.2) is 0 Å². The minimum atomic E-state index is -0.290. The van der Waals surface area contributed by atoms with Gasteiger partial charge in [-0.05, 0) is 68.0 Å². The van der Waals surface area contributed by atoms with Crippen LogP contribution in [-0.4, -0.2) is 80.7 Å². The molecule has 4 aliphatic rings. The van der Waals surface area contributed by atoms with Crippen LogP contribution in [0.3, 0.4) is 0 Å². The van der Waals surface area contributed by atoms with E-state index in [2.05, 4.69) is 24.2 Å². The molecule has 0 saturated heterocycles. The molecule has 0 spiro atoms. The molecule has 4 heterocycles. The van der Waals surface area contributed by atoms with Crippen LogP contribution in [0.2, 0.25) is 0 Å². The number of para-hydroxylation sites is 1. The Balaban J connectivity index is 0.941. The predicted octanol–water partition coefficient (Wildman–Crippen LogP) is 8.24. The van der Waals surface area contributed by atoms with Crippen molar-refractivity contribution in [1.29, 1.82) is 0 Å². The number of benzene rings is 4. The fourth-order valence-corrected chi connectivity index (χ4v) is 9.95. The van der Waals surface area contributed by atoms with Gasteiger partial charge in [0.1, 0.15) is 13.2 Å². The first-order valence-electron chi connectivity index (χ1n) is 18.7. The number of aliphatic imine (C=N–C) groups is 2. The normalized spacial score (nSPS) is 17.4. The Morgan fingerprint density at radius 3 is 1.91 bits per heavy atom. The highest BCUT2D eigenvalue weighted by Crippen LogP contribution is 2.44. The molecule has 0 aliphatic carbocycles. The maximum absolute atomic E-state index is 14.2. The molecule has 0 unspecified atom stereocenters. The van der Waals surface area contributed by atoms with E-state index in [9.17, 15) is 14.4 Å². The Morgan fingerprint density at radius 2 is 1.33 bits per heavy atom. The van der Waals surface area contributed by atoms with E-state index < -0.39 is 0 Å². The zero-order valence-electron chi connectivity index (χ0n) is 32.4. The highest BCUT2D eigenvalue weighted by Gasteiger charge is 2.38. The van der Waals surface area contributed by atoms with Gasteiger partial charge in [-0.3, -0.25) is 34.2 Å². The third-order valence-corrected chi connectivity index (χ3v) is 13.2. The Hall–Kier alpha value is -5.47. The Kier molecular flexibility index (Phi) is 10.7. The summed E-state index contributed by atoms with van der Waals surface area (Å²) in [7, 11) is 6.51. The molecule has 4 aliphatic heterocycles. The lowest BCUT2D eigenvalue weighted by molar-refractivity contribution is -0.116. The minimum Gasteiger partial charge on any atom is -0.493 e. The SMILES string of the molecule is COc1cc2c(cc1OCCOc1cc3c(cc1OC)C(=O)N1c4cc(NC(=O)CCC(C)(C)SSC)ccc4C[C@H]1C=N3)N=C[C@@H]1Cc3ccccc3N1C2=O. The van der Waals surface area contributed by atoms with Gasteiger partial charge in [-0.1, -0.05) is 45.9 Å². The summed E-state index contributed by atoms with van der Waals surface area (Å²) in [6.07, 6.45) is 8.09. The number of rotatable bonds is 13. The number of nitrogens with one attached hydrogen (secondary N) is 1. The van der Waals surface area contributed by atoms with Crippen LogP contribution < -0.4 is 34.1 Å². The predicted molar refractivity (Wildman–Crippen MR) is 228 cm³/mol. The van der Waals surface area contributed by atoms with Crippen LogP contribution in [0.5, 0.6) is 23.0 Å². The van der Waals surface area contributed by atoms with Crippen molar-refractivity contribution in [3.8, 4) is 23.0 Å². The van der Waals surface area contributed by atoms with Gasteiger partial charge in [0, 0.05) is 59.9 Å². The lowest BCUT2D eigenvalue weighted by Crippen LogP contribution is -2.37. The molecule has 3 amide bonds. The molecule has 0 aromatic heterocycles. The second-order valence-electron chi connectivity index (χ2n) is 14.7. The van der Waals surface area contributed by atoms with E-state index >= 15 is 0 Å². The van der Waals surface area contributed by atoms with Crippen molar-refractivity contribution in [2.24, 2.45) is 9.98 Å². The number of carbonyl (C=O) groups excluding carboxylic acids is 3. The summed E-state index contributed by atoms with van der Waals surface area (Å²) in [6, 6.07) is 19.9. The molecule has 2 atom stereocenters. The van der Waals surface area contributed by atoms with E-state index in [0.29, 0.717) is 70.4 Å². The van der Waals surface area contributed by atoms with Gasteiger partial charge in [0.25, 0.3) is 11.8 Å². The van der Waals surface area contributed by atoms with Gasteiger partial charge >= 0.3 is 0 Å². The first-order chi connectivity index (χ1) is 27.6. The maximum atomic E-state index is 14.2. The second-order valence-corrected chi connectivity index (χ2v) is 17.8. The molecule has 0 fully saturated rings. The van der Waals surface area contributed by atoms with E-state index in [-0.39, 0.29) is 47.8 Å². The number of amides is 3. The summed E-state index contributed by atoms with van der Waals surface area (Å²) in [5, 5.41) is 3.02. The average molecular weight is 806 g/mol. The summed E-state index contributed by atoms with van der Waals surface area (Å²) in [5.74, 6) is 1.18. The zero-order chi connectivity index (χ0) is 39.8. The molecule has 14 heteroatoms. The van der Waals surface area contributed by atoms with Crippen LogP contribution in [-0.2, 0) is 17.6 Å². The van der Waals surface area contributed by atoms with Crippen molar-refractivity contribution < 1.29 is 33.3 Å². The molecule has 1 N–H and O–H groups in total. The quantitative estimate of drug-likeness (QED) is 0.105. The summed E-state index contributed by atoms with van der Waals surface area (Å²) < 4.78 is 23.6. The molecule has 0 bridgehead atoms. The van der Waals surface area contributed by atoms with Crippen LogP contribution in [0.25, 0.3) is 0 Å². The van der Waals surface area contributed by atoms with Gasteiger partial charge in [0.15, 0.2) is 23.0 Å². The van der Waals surface area contributed by atoms with Crippen molar-refractivity contribution in [2.45, 2.75) is 56.4 Å². The highest BCUT2D eigenvalue weighted by molar-refractivity contribution is 8.76. The van der Waals surface area contributed by atoms with Crippen LogP contribution in [0.4, 0.5) is 28.4 Å². The molecule has 4 aromatic rings. The molecule has 12 nitrogen and oxygen atoms in total. The number of methoxy groups -OCH3 is 2. The van der Waals surface area contributed by atoms with Crippen molar-refractivity contribution in [3.05, 3.63) is 89.0 Å². The monoisotopic (exact) mass is 805 g/mol. The number of anilines is 3. The first-order valence-corrected chi connectivity index (χ1v) is 21.3.